The summed E-state index contributed by atoms with van der Waals surface area (Å²) in [5, 5.41) is 6.53. The topological polar surface area (TPSA) is 23.9 Å². The molecule has 0 aliphatic carbocycles. The van der Waals surface area contributed by atoms with E-state index in [1.807, 2.05) is 0 Å². The molecule has 0 atom stereocenters. The van der Waals surface area contributed by atoms with Crippen LogP contribution in [0.1, 0.15) is 0 Å². The normalized spacial score (nSPS) is 4.80. The van der Waals surface area contributed by atoms with Crippen molar-refractivity contribution in [2.45, 2.75) is 0 Å². The maximum absolute atomic E-state index is 6.53. The van der Waals surface area contributed by atoms with Gasteiger partial charge in [0, 0.05) is 0 Å². The summed E-state index contributed by atoms with van der Waals surface area (Å²) in [6.45, 7) is 3.27. The Kier molecular flexibility index (Phi) is 3.21. The fraction of sp³-hybridized carbons (Fsp3) is 0. The second kappa shape index (κ2) is 3.54. The fourth-order valence-corrected chi connectivity index (χ4v) is 0.177. The average Bonchev–Trinajstić information content (AvgIpc) is 1.41. The Morgan fingerprint density at radius 1 is 2.00 bits per heavy atom. The lowest BCUT2D eigenvalue weighted by atomic mass is 11.0. The SMILES string of the molecule is C=C=C[SiH]=N. The molecule has 0 aliphatic heterocycles. The Morgan fingerprint density at radius 3 is 2.60 bits per heavy atom. The quantitative estimate of drug-likeness (QED) is 0.352. The summed E-state index contributed by atoms with van der Waals surface area (Å²) in [6.07, 6.45) is 0. The second-order valence-electron chi connectivity index (χ2n) is 0.537. The van der Waals surface area contributed by atoms with E-state index in [0.29, 0.717) is 0 Å². The highest BCUT2D eigenvalue weighted by Crippen LogP contribution is 1.43. The molecular formula is C3H5NSi. The van der Waals surface area contributed by atoms with Crippen molar-refractivity contribution in [2.24, 2.45) is 0 Å². The summed E-state index contributed by atoms with van der Waals surface area (Å²) in [5.74, 6) is 0. The van der Waals surface area contributed by atoms with Gasteiger partial charge in [-0.05, 0) is 5.70 Å². The van der Waals surface area contributed by atoms with Crippen LogP contribution in [0.25, 0.3) is 0 Å². The highest BCUT2D eigenvalue weighted by molar-refractivity contribution is 6.26. The van der Waals surface area contributed by atoms with Crippen LogP contribution in [-0.4, -0.2) is 9.31 Å². The summed E-state index contributed by atoms with van der Waals surface area (Å²) in [7, 11) is -0.263. The summed E-state index contributed by atoms with van der Waals surface area (Å²) < 4.78 is 0. The van der Waals surface area contributed by atoms with Gasteiger partial charge in [-0.2, -0.15) is 0 Å². The monoisotopic (exact) mass is 83.0 g/mol. The first-order valence-electron chi connectivity index (χ1n) is 1.26. The summed E-state index contributed by atoms with van der Waals surface area (Å²) in [5.41, 5.74) is 4.13. The van der Waals surface area contributed by atoms with E-state index in [2.05, 4.69) is 12.3 Å². The summed E-state index contributed by atoms with van der Waals surface area (Å²) in [6, 6.07) is 0. The minimum Gasteiger partial charge on any atom is -0.350 e. The van der Waals surface area contributed by atoms with Crippen LogP contribution in [0.15, 0.2) is 18.0 Å². The molecule has 0 rings (SSSR count). The van der Waals surface area contributed by atoms with Crippen molar-refractivity contribution in [1.82, 2.24) is 0 Å². The lowest BCUT2D eigenvalue weighted by molar-refractivity contribution is 1.61. The van der Waals surface area contributed by atoms with Gasteiger partial charge in [0.1, 0.15) is 9.31 Å². The van der Waals surface area contributed by atoms with Gasteiger partial charge in [0.2, 0.25) is 0 Å². The molecule has 2 heteroatoms. The van der Waals surface area contributed by atoms with E-state index >= 15 is 0 Å². The van der Waals surface area contributed by atoms with E-state index in [-0.39, 0.29) is 9.31 Å². The molecule has 0 spiro atoms. The van der Waals surface area contributed by atoms with Gasteiger partial charge in [0.05, 0.1) is 0 Å². The Labute approximate surface area is 33.4 Å². The molecular weight excluding hydrogens is 78.1 g/mol. The Balaban J connectivity index is 3.31. The molecule has 0 saturated carbocycles. The Hall–Kier alpha value is -0.463. The number of hydrogen-bond donors (Lipinski definition) is 1. The van der Waals surface area contributed by atoms with Crippen molar-refractivity contribution in [1.29, 1.82) is 5.05 Å². The molecule has 0 aromatic rings. The molecule has 0 amide bonds. The summed E-state index contributed by atoms with van der Waals surface area (Å²) >= 11 is 0. The van der Waals surface area contributed by atoms with Gasteiger partial charge >= 0.3 is 0 Å². The largest absolute Gasteiger partial charge is 0.350 e. The first-order chi connectivity index (χ1) is 2.41. The van der Waals surface area contributed by atoms with Crippen LogP contribution in [0.5, 0.6) is 0 Å². The zero-order valence-corrected chi connectivity index (χ0v) is 4.02. The molecule has 0 bridgehead atoms. The van der Waals surface area contributed by atoms with E-state index in [1.165, 1.54) is 0 Å². The molecule has 1 nitrogen and oxygen atoms in total. The van der Waals surface area contributed by atoms with Crippen molar-refractivity contribution < 1.29 is 0 Å². The van der Waals surface area contributed by atoms with Crippen molar-refractivity contribution in [3.05, 3.63) is 18.0 Å². The minimum absolute atomic E-state index is 0.263. The average molecular weight is 83.2 g/mol. The van der Waals surface area contributed by atoms with Crippen LogP contribution in [-0.2, 0) is 0 Å². The van der Waals surface area contributed by atoms with Gasteiger partial charge in [-0.15, -0.1) is 5.73 Å². The fourth-order valence-electron chi connectivity index (χ4n) is 0.0589. The van der Waals surface area contributed by atoms with Crippen LogP contribution in [0.3, 0.4) is 0 Å². The maximum atomic E-state index is 6.53. The van der Waals surface area contributed by atoms with E-state index in [1.54, 1.807) is 5.70 Å². The molecule has 26 valence electrons. The van der Waals surface area contributed by atoms with Gasteiger partial charge in [0.25, 0.3) is 0 Å². The molecule has 5 heavy (non-hydrogen) atoms. The first kappa shape index (κ1) is 4.54. The Bertz CT molecular complexity index is 71.0. The van der Waals surface area contributed by atoms with Crippen LogP contribution in [0.4, 0.5) is 0 Å². The number of rotatable bonds is 1. The highest BCUT2D eigenvalue weighted by Gasteiger charge is 1.41. The molecule has 0 aromatic heterocycles. The maximum Gasteiger partial charge on any atom is 0.135 e. The number of hydrogen-bond acceptors (Lipinski definition) is 1. The molecule has 0 fully saturated rings. The third-order valence-electron chi connectivity index (χ3n) is 0.201. The van der Waals surface area contributed by atoms with Crippen LogP contribution >= 0.6 is 0 Å². The molecule has 0 aromatic carbocycles. The zero-order valence-electron chi connectivity index (χ0n) is 2.86. The molecule has 1 N–H and O–H groups in total. The van der Waals surface area contributed by atoms with Crippen molar-refractivity contribution in [3.63, 3.8) is 0 Å². The van der Waals surface area contributed by atoms with Crippen molar-refractivity contribution in [3.8, 4) is 0 Å². The van der Waals surface area contributed by atoms with Gasteiger partial charge in [-0.1, -0.05) is 6.58 Å². The van der Waals surface area contributed by atoms with Crippen molar-refractivity contribution in [2.75, 3.05) is 0 Å². The third-order valence-corrected chi connectivity index (χ3v) is 0.604. The predicted molar refractivity (Wildman–Crippen MR) is 23.6 cm³/mol. The van der Waals surface area contributed by atoms with Crippen LogP contribution in [0.2, 0.25) is 0 Å². The minimum atomic E-state index is -0.263. The van der Waals surface area contributed by atoms with Gasteiger partial charge in [-0.3, -0.25) is 0 Å². The third kappa shape index (κ3) is 3.54. The first-order valence-corrected chi connectivity index (χ1v) is 2.51. The van der Waals surface area contributed by atoms with E-state index in [0.717, 1.165) is 0 Å². The zero-order chi connectivity index (χ0) is 4.12. The van der Waals surface area contributed by atoms with Gasteiger partial charge < -0.3 is 5.05 Å². The second-order valence-corrected chi connectivity index (χ2v) is 1.20. The predicted octanol–water partition coefficient (Wildman–Crippen LogP) is 0.484. The lowest BCUT2D eigenvalue weighted by Gasteiger charge is -1.44. The van der Waals surface area contributed by atoms with E-state index in [4.69, 9.17) is 5.05 Å². The Morgan fingerprint density at radius 2 is 2.60 bits per heavy atom. The van der Waals surface area contributed by atoms with Crippen LogP contribution in [0, 0.1) is 5.05 Å². The van der Waals surface area contributed by atoms with Gasteiger partial charge in [0.15, 0.2) is 0 Å². The standard InChI is InChI=1S/C3H5NSi/c1-2-3-5-4/h3-5H,1H2. The van der Waals surface area contributed by atoms with Crippen molar-refractivity contribution >= 4 is 9.31 Å². The molecule has 0 heterocycles. The summed E-state index contributed by atoms with van der Waals surface area (Å²) in [4.78, 5) is 0. The highest BCUT2D eigenvalue weighted by atomic mass is 28.2. The van der Waals surface area contributed by atoms with E-state index < -0.39 is 0 Å². The van der Waals surface area contributed by atoms with Crippen LogP contribution < -0.4 is 0 Å². The molecule has 0 aliphatic rings. The molecule has 0 radical (unpaired) electrons. The lowest BCUT2D eigenvalue weighted by Crippen LogP contribution is -1.49. The van der Waals surface area contributed by atoms with Gasteiger partial charge in [-0.25, -0.2) is 0 Å². The smallest absolute Gasteiger partial charge is 0.135 e. The molecule has 0 unspecified atom stereocenters. The molecule has 0 saturated heterocycles. The van der Waals surface area contributed by atoms with E-state index in [9.17, 15) is 0 Å². The number of nitrogens with one attached hydrogen (secondary N) is 1.